The fraction of sp³-hybridized carbons (Fsp3) is 0.300. The van der Waals surface area contributed by atoms with E-state index in [1.54, 1.807) is 12.1 Å². The van der Waals surface area contributed by atoms with E-state index in [0.29, 0.717) is 31.0 Å². The molecule has 1 fully saturated rings. The number of halogens is 1. The van der Waals surface area contributed by atoms with Crippen molar-refractivity contribution in [3.8, 4) is 0 Å². The summed E-state index contributed by atoms with van der Waals surface area (Å²) in [5, 5.41) is 9.01. The molecule has 0 aliphatic carbocycles. The molecule has 6 nitrogen and oxygen atoms in total. The number of hydrogen-bond acceptors (Lipinski definition) is 4. The van der Waals surface area contributed by atoms with Gasteiger partial charge in [0.15, 0.2) is 0 Å². The number of rotatable bonds is 5. The van der Waals surface area contributed by atoms with E-state index in [-0.39, 0.29) is 36.3 Å². The zero-order valence-electron chi connectivity index (χ0n) is 15.1. The lowest BCUT2D eigenvalue weighted by Crippen LogP contribution is -2.51. The van der Waals surface area contributed by atoms with Crippen molar-refractivity contribution < 1.29 is 14.3 Å². The zero-order valence-corrected chi connectivity index (χ0v) is 15.9. The fourth-order valence-corrected chi connectivity index (χ4v) is 2.81. The normalized spacial score (nSPS) is 17.3. The maximum Gasteiger partial charge on any atom is 0.255 e. The zero-order chi connectivity index (χ0) is 18.4. The van der Waals surface area contributed by atoms with Crippen molar-refractivity contribution in [1.29, 1.82) is 0 Å². The molecular weight excluding hydrogens is 366 g/mol. The summed E-state index contributed by atoms with van der Waals surface area (Å²) in [5.74, 6) is -0.251. The van der Waals surface area contributed by atoms with E-state index in [0.717, 1.165) is 5.56 Å². The number of carbonyl (C=O) groups is 2. The van der Waals surface area contributed by atoms with Gasteiger partial charge in [0, 0.05) is 17.8 Å². The van der Waals surface area contributed by atoms with Crippen molar-refractivity contribution in [2.45, 2.75) is 19.0 Å². The van der Waals surface area contributed by atoms with Gasteiger partial charge in [-0.05, 0) is 36.8 Å². The fourth-order valence-electron chi connectivity index (χ4n) is 2.81. The van der Waals surface area contributed by atoms with Gasteiger partial charge >= 0.3 is 0 Å². The van der Waals surface area contributed by atoms with Crippen molar-refractivity contribution >= 4 is 29.9 Å². The number of morpholine rings is 1. The topological polar surface area (TPSA) is 79.5 Å². The number of hydrogen-bond donors (Lipinski definition) is 3. The second-order valence-electron chi connectivity index (χ2n) is 6.26. The molecule has 0 saturated carbocycles. The minimum Gasteiger partial charge on any atom is -0.378 e. The molecule has 0 bridgehead atoms. The highest BCUT2D eigenvalue weighted by molar-refractivity contribution is 6.04. The van der Waals surface area contributed by atoms with Crippen LogP contribution in [0.4, 0.5) is 5.69 Å². The van der Waals surface area contributed by atoms with Crippen LogP contribution in [0.3, 0.4) is 0 Å². The maximum atomic E-state index is 12.3. The Bertz CT molecular complexity index is 764. The van der Waals surface area contributed by atoms with Crippen LogP contribution >= 0.6 is 12.4 Å². The molecule has 1 aliphatic heterocycles. The minimum atomic E-state index is -0.327. The third-order valence-corrected chi connectivity index (χ3v) is 4.28. The first-order valence-corrected chi connectivity index (χ1v) is 8.71. The summed E-state index contributed by atoms with van der Waals surface area (Å²) in [4.78, 5) is 24.6. The quantitative estimate of drug-likeness (QED) is 0.734. The van der Waals surface area contributed by atoms with Gasteiger partial charge in [0.1, 0.15) is 6.04 Å². The first-order valence-electron chi connectivity index (χ1n) is 8.71. The van der Waals surface area contributed by atoms with Gasteiger partial charge in [-0.1, -0.05) is 30.3 Å². The van der Waals surface area contributed by atoms with Gasteiger partial charge in [-0.15, -0.1) is 12.4 Å². The highest BCUT2D eigenvalue weighted by atomic mass is 35.5. The van der Waals surface area contributed by atoms with E-state index in [1.807, 2.05) is 49.4 Å². The van der Waals surface area contributed by atoms with Crippen molar-refractivity contribution in [2.24, 2.45) is 0 Å². The van der Waals surface area contributed by atoms with Crippen LogP contribution in [0.5, 0.6) is 0 Å². The molecule has 3 rings (SSSR count). The Hall–Kier alpha value is -2.41. The van der Waals surface area contributed by atoms with Gasteiger partial charge in [-0.2, -0.15) is 0 Å². The molecule has 2 aromatic rings. The molecule has 7 heteroatoms. The van der Waals surface area contributed by atoms with E-state index in [1.165, 1.54) is 0 Å². The number of nitrogens with one attached hydrogen (secondary N) is 3. The minimum absolute atomic E-state index is 0. The summed E-state index contributed by atoms with van der Waals surface area (Å²) in [6.07, 6.45) is 0. The summed E-state index contributed by atoms with van der Waals surface area (Å²) in [7, 11) is 0. The number of anilines is 1. The van der Waals surface area contributed by atoms with Gasteiger partial charge in [0.05, 0.1) is 19.3 Å². The Kier molecular flexibility index (Phi) is 7.79. The molecule has 27 heavy (non-hydrogen) atoms. The Morgan fingerprint density at radius 3 is 2.63 bits per heavy atom. The third kappa shape index (κ3) is 5.79. The standard InChI is InChI=1S/C20H23N3O3.ClH/c1-14(22-20(25)18-13-26-11-10-21-18)16-8-5-9-17(12-16)23-19(24)15-6-3-2-4-7-15;/h2-9,12,14,18,21H,10-11,13H2,1H3,(H,22,25)(H,23,24);1H. The number of carbonyl (C=O) groups excluding carboxylic acids is 2. The second kappa shape index (κ2) is 10.1. The summed E-state index contributed by atoms with van der Waals surface area (Å²) in [6.45, 7) is 3.60. The van der Waals surface area contributed by atoms with Crippen LogP contribution in [-0.2, 0) is 9.53 Å². The van der Waals surface area contributed by atoms with Gasteiger partial charge < -0.3 is 20.7 Å². The molecule has 2 atom stereocenters. The van der Waals surface area contributed by atoms with Crippen LogP contribution in [0.2, 0.25) is 0 Å². The Morgan fingerprint density at radius 1 is 1.15 bits per heavy atom. The van der Waals surface area contributed by atoms with Crippen LogP contribution in [0.15, 0.2) is 54.6 Å². The highest BCUT2D eigenvalue weighted by Crippen LogP contribution is 2.18. The molecule has 2 aromatic carbocycles. The van der Waals surface area contributed by atoms with Crippen molar-refractivity contribution in [1.82, 2.24) is 10.6 Å². The van der Waals surface area contributed by atoms with Crippen LogP contribution in [0.25, 0.3) is 0 Å². The van der Waals surface area contributed by atoms with E-state index >= 15 is 0 Å². The molecule has 144 valence electrons. The molecule has 3 N–H and O–H groups in total. The van der Waals surface area contributed by atoms with Crippen molar-refractivity contribution in [3.05, 3.63) is 65.7 Å². The first-order chi connectivity index (χ1) is 12.6. The molecule has 1 saturated heterocycles. The van der Waals surface area contributed by atoms with E-state index in [4.69, 9.17) is 4.74 Å². The van der Waals surface area contributed by atoms with Gasteiger partial charge in [-0.3, -0.25) is 9.59 Å². The van der Waals surface area contributed by atoms with Gasteiger partial charge in [0.25, 0.3) is 5.91 Å². The largest absolute Gasteiger partial charge is 0.378 e. The number of ether oxygens (including phenoxy) is 1. The average Bonchev–Trinajstić information content (AvgIpc) is 2.69. The predicted octanol–water partition coefficient (Wildman–Crippen LogP) is 2.53. The SMILES string of the molecule is CC(NC(=O)C1COCCN1)c1cccc(NC(=O)c2ccccc2)c1.Cl. The van der Waals surface area contributed by atoms with Crippen LogP contribution < -0.4 is 16.0 Å². The molecule has 0 aromatic heterocycles. The van der Waals surface area contributed by atoms with Crippen LogP contribution in [-0.4, -0.2) is 37.6 Å². The average molecular weight is 390 g/mol. The monoisotopic (exact) mass is 389 g/mol. The van der Waals surface area contributed by atoms with Gasteiger partial charge in [0.2, 0.25) is 5.91 Å². The first kappa shape index (κ1) is 20.9. The Balaban J connectivity index is 0.00000261. The lowest BCUT2D eigenvalue weighted by molar-refractivity contribution is -0.126. The van der Waals surface area contributed by atoms with Crippen LogP contribution in [0.1, 0.15) is 28.9 Å². The summed E-state index contributed by atoms with van der Waals surface area (Å²) < 4.78 is 5.32. The molecule has 1 heterocycles. The third-order valence-electron chi connectivity index (χ3n) is 4.28. The lowest BCUT2D eigenvalue weighted by atomic mass is 10.1. The van der Waals surface area contributed by atoms with E-state index in [9.17, 15) is 9.59 Å². The Labute approximate surface area is 165 Å². The van der Waals surface area contributed by atoms with Crippen molar-refractivity contribution in [3.63, 3.8) is 0 Å². The number of benzene rings is 2. The van der Waals surface area contributed by atoms with Gasteiger partial charge in [-0.25, -0.2) is 0 Å². The lowest BCUT2D eigenvalue weighted by Gasteiger charge is -2.25. The van der Waals surface area contributed by atoms with E-state index in [2.05, 4.69) is 16.0 Å². The van der Waals surface area contributed by atoms with Crippen LogP contribution in [0, 0.1) is 0 Å². The molecule has 2 unspecified atom stereocenters. The number of amides is 2. The smallest absolute Gasteiger partial charge is 0.255 e. The second-order valence-corrected chi connectivity index (χ2v) is 6.26. The molecule has 1 aliphatic rings. The maximum absolute atomic E-state index is 12.3. The predicted molar refractivity (Wildman–Crippen MR) is 107 cm³/mol. The molecule has 0 spiro atoms. The Morgan fingerprint density at radius 2 is 1.93 bits per heavy atom. The summed E-state index contributed by atoms with van der Waals surface area (Å²) in [5.41, 5.74) is 2.21. The van der Waals surface area contributed by atoms with E-state index < -0.39 is 0 Å². The molecule has 2 amide bonds. The summed E-state index contributed by atoms with van der Waals surface area (Å²) >= 11 is 0. The van der Waals surface area contributed by atoms with Crippen molar-refractivity contribution in [2.75, 3.05) is 25.1 Å². The molecular formula is C20H24ClN3O3. The highest BCUT2D eigenvalue weighted by Gasteiger charge is 2.22. The molecule has 0 radical (unpaired) electrons. The summed E-state index contributed by atoms with van der Waals surface area (Å²) in [6, 6.07) is 16.0.